The zero-order chi connectivity index (χ0) is 10.8. The van der Waals surface area contributed by atoms with Crippen molar-refractivity contribution in [1.29, 1.82) is 0 Å². The van der Waals surface area contributed by atoms with Gasteiger partial charge in [0.2, 0.25) is 0 Å². The number of hydrogen-bond donors (Lipinski definition) is 1. The quantitative estimate of drug-likeness (QED) is 0.805. The van der Waals surface area contributed by atoms with E-state index in [4.69, 9.17) is 0 Å². The highest BCUT2D eigenvalue weighted by Crippen LogP contribution is 2.25. The van der Waals surface area contributed by atoms with Crippen LogP contribution in [0.2, 0.25) is 0 Å². The smallest absolute Gasteiger partial charge is 0.0931 e. The van der Waals surface area contributed by atoms with Crippen LogP contribution in [0.25, 0.3) is 0 Å². The molecule has 3 heteroatoms. The molecule has 2 atom stereocenters. The summed E-state index contributed by atoms with van der Waals surface area (Å²) in [6.07, 6.45) is 3.91. The van der Waals surface area contributed by atoms with Gasteiger partial charge in [-0.3, -0.25) is 4.98 Å². The lowest BCUT2D eigenvalue weighted by atomic mass is 10.2. The first-order valence-corrected chi connectivity index (χ1v) is 5.59. The molecule has 2 heterocycles. The summed E-state index contributed by atoms with van der Waals surface area (Å²) >= 11 is 0. The van der Waals surface area contributed by atoms with Crippen molar-refractivity contribution in [2.75, 3.05) is 11.4 Å². The van der Waals surface area contributed by atoms with Gasteiger partial charge < -0.3 is 10.0 Å². The van der Waals surface area contributed by atoms with Gasteiger partial charge in [0.15, 0.2) is 0 Å². The van der Waals surface area contributed by atoms with Crippen molar-refractivity contribution in [3.05, 3.63) is 24.0 Å². The van der Waals surface area contributed by atoms with E-state index in [1.54, 1.807) is 6.92 Å². The topological polar surface area (TPSA) is 36.4 Å². The molecular weight excluding hydrogens is 188 g/mol. The third-order valence-electron chi connectivity index (χ3n) is 3.08. The maximum Gasteiger partial charge on any atom is 0.0931 e. The molecule has 1 aromatic heterocycles. The van der Waals surface area contributed by atoms with Crippen LogP contribution in [0.15, 0.2) is 18.3 Å². The van der Waals surface area contributed by atoms with E-state index >= 15 is 0 Å². The summed E-state index contributed by atoms with van der Waals surface area (Å²) < 4.78 is 0. The number of aliphatic hydroxyl groups excluding tert-OH is 1. The molecule has 1 N–H and O–H groups in total. The van der Waals surface area contributed by atoms with Crippen molar-refractivity contribution in [1.82, 2.24) is 4.98 Å². The SMILES string of the molecule is CC1CCCN1c1ccc([C@H](C)O)nc1. The van der Waals surface area contributed by atoms with E-state index in [2.05, 4.69) is 22.9 Å². The molecule has 1 saturated heterocycles. The van der Waals surface area contributed by atoms with Crippen molar-refractivity contribution in [3.63, 3.8) is 0 Å². The van der Waals surface area contributed by atoms with Gasteiger partial charge in [0.25, 0.3) is 0 Å². The average Bonchev–Trinajstić information content (AvgIpc) is 2.65. The lowest BCUT2D eigenvalue weighted by molar-refractivity contribution is 0.194. The molecule has 3 nitrogen and oxygen atoms in total. The highest BCUT2D eigenvalue weighted by molar-refractivity contribution is 5.46. The van der Waals surface area contributed by atoms with Gasteiger partial charge in [0.05, 0.1) is 23.7 Å². The van der Waals surface area contributed by atoms with E-state index in [1.165, 1.54) is 18.5 Å². The molecule has 1 fully saturated rings. The van der Waals surface area contributed by atoms with E-state index in [0.29, 0.717) is 6.04 Å². The minimum Gasteiger partial charge on any atom is -0.387 e. The Kier molecular flexibility index (Phi) is 2.91. The molecule has 1 aliphatic rings. The fourth-order valence-corrected chi connectivity index (χ4v) is 2.13. The van der Waals surface area contributed by atoms with E-state index in [9.17, 15) is 5.11 Å². The minimum absolute atomic E-state index is 0.477. The molecule has 0 spiro atoms. The first kappa shape index (κ1) is 10.4. The Morgan fingerprint density at radius 1 is 1.53 bits per heavy atom. The summed E-state index contributed by atoms with van der Waals surface area (Å²) in [7, 11) is 0. The van der Waals surface area contributed by atoms with E-state index in [0.717, 1.165) is 12.2 Å². The number of anilines is 1. The normalized spacial score (nSPS) is 23.1. The monoisotopic (exact) mass is 206 g/mol. The molecule has 1 aromatic rings. The molecule has 0 aromatic carbocycles. The van der Waals surface area contributed by atoms with Crippen LogP contribution >= 0.6 is 0 Å². The number of aliphatic hydroxyl groups is 1. The van der Waals surface area contributed by atoms with Gasteiger partial charge in [-0.05, 0) is 38.8 Å². The maximum atomic E-state index is 9.36. The van der Waals surface area contributed by atoms with Crippen LogP contribution in [0.4, 0.5) is 5.69 Å². The van der Waals surface area contributed by atoms with Gasteiger partial charge in [0.1, 0.15) is 0 Å². The van der Waals surface area contributed by atoms with Crippen LogP contribution < -0.4 is 4.90 Å². The molecular formula is C12H18N2O. The lowest BCUT2D eigenvalue weighted by Crippen LogP contribution is -2.26. The van der Waals surface area contributed by atoms with Crippen LogP contribution in [0.1, 0.15) is 38.5 Å². The molecule has 0 amide bonds. The first-order valence-electron chi connectivity index (χ1n) is 5.59. The van der Waals surface area contributed by atoms with Gasteiger partial charge in [-0.25, -0.2) is 0 Å². The summed E-state index contributed by atoms with van der Waals surface area (Å²) in [5, 5.41) is 9.36. The largest absolute Gasteiger partial charge is 0.387 e. The van der Waals surface area contributed by atoms with E-state index in [-0.39, 0.29) is 0 Å². The van der Waals surface area contributed by atoms with Crippen LogP contribution in [-0.4, -0.2) is 22.7 Å². The van der Waals surface area contributed by atoms with Crippen LogP contribution in [0.5, 0.6) is 0 Å². The second kappa shape index (κ2) is 4.19. The number of hydrogen-bond acceptors (Lipinski definition) is 3. The molecule has 1 aliphatic heterocycles. The van der Waals surface area contributed by atoms with Gasteiger partial charge >= 0.3 is 0 Å². The Labute approximate surface area is 90.8 Å². The standard InChI is InChI=1S/C12H18N2O/c1-9-4-3-7-14(9)11-5-6-12(10(2)15)13-8-11/h5-6,8-10,15H,3-4,7H2,1-2H3/t9?,10-/m0/s1. The van der Waals surface area contributed by atoms with Crippen LogP contribution in [-0.2, 0) is 0 Å². The van der Waals surface area contributed by atoms with Gasteiger partial charge in [-0.15, -0.1) is 0 Å². The minimum atomic E-state index is -0.477. The van der Waals surface area contributed by atoms with Crippen LogP contribution in [0.3, 0.4) is 0 Å². The Morgan fingerprint density at radius 2 is 2.33 bits per heavy atom. The third kappa shape index (κ3) is 2.12. The van der Waals surface area contributed by atoms with E-state index in [1.807, 2.05) is 12.3 Å². The first-order chi connectivity index (χ1) is 7.18. The Hall–Kier alpha value is -1.09. The predicted molar refractivity (Wildman–Crippen MR) is 60.9 cm³/mol. The van der Waals surface area contributed by atoms with Gasteiger partial charge in [-0.2, -0.15) is 0 Å². The molecule has 0 saturated carbocycles. The average molecular weight is 206 g/mol. The molecule has 2 rings (SSSR count). The van der Waals surface area contributed by atoms with Crippen molar-refractivity contribution in [2.24, 2.45) is 0 Å². The van der Waals surface area contributed by atoms with Gasteiger partial charge in [-0.1, -0.05) is 0 Å². The maximum absolute atomic E-state index is 9.36. The predicted octanol–water partition coefficient (Wildman–Crippen LogP) is 2.12. The number of aromatic nitrogens is 1. The fraction of sp³-hybridized carbons (Fsp3) is 0.583. The van der Waals surface area contributed by atoms with Crippen LogP contribution in [0, 0.1) is 0 Å². The van der Waals surface area contributed by atoms with E-state index < -0.39 is 6.10 Å². The molecule has 0 aliphatic carbocycles. The van der Waals surface area contributed by atoms with Crippen molar-refractivity contribution < 1.29 is 5.11 Å². The summed E-state index contributed by atoms with van der Waals surface area (Å²) in [6.45, 7) is 5.10. The van der Waals surface area contributed by atoms with Crippen molar-refractivity contribution >= 4 is 5.69 Å². The lowest BCUT2D eigenvalue weighted by Gasteiger charge is -2.23. The second-order valence-corrected chi connectivity index (χ2v) is 4.30. The second-order valence-electron chi connectivity index (χ2n) is 4.30. The summed E-state index contributed by atoms with van der Waals surface area (Å²) in [4.78, 5) is 6.64. The summed E-state index contributed by atoms with van der Waals surface area (Å²) in [5.74, 6) is 0. The molecule has 15 heavy (non-hydrogen) atoms. The Balaban J connectivity index is 2.16. The van der Waals surface area contributed by atoms with Crippen molar-refractivity contribution in [2.45, 2.75) is 38.8 Å². The zero-order valence-corrected chi connectivity index (χ0v) is 9.35. The van der Waals surface area contributed by atoms with Gasteiger partial charge in [0, 0.05) is 12.6 Å². The Morgan fingerprint density at radius 3 is 2.80 bits per heavy atom. The number of pyridine rings is 1. The van der Waals surface area contributed by atoms with Crippen molar-refractivity contribution in [3.8, 4) is 0 Å². The number of nitrogens with zero attached hydrogens (tertiary/aromatic N) is 2. The molecule has 82 valence electrons. The molecule has 1 unspecified atom stereocenters. The molecule has 0 radical (unpaired) electrons. The summed E-state index contributed by atoms with van der Waals surface area (Å²) in [6, 6.07) is 4.58. The Bertz CT molecular complexity index is 321. The number of rotatable bonds is 2. The molecule has 0 bridgehead atoms. The highest BCUT2D eigenvalue weighted by Gasteiger charge is 2.20. The fourth-order valence-electron chi connectivity index (χ4n) is 2.13. The zero-order valence-electron chi connectivity index (χ0n) is 9.35. The summed E-state index contributed by atoms with van der Waals surface area (Å²) in [5.41, 5.74) is 1.91. The third-order valence-corrected chi connectivity index (χ3v) is 3.08. The highest BCUT2D eigenvalue weighted by atomic mass is 16.3.